The van der Waals surface area contributed by atoms with Crippen LogP contribution in [0.1, 0.15) is 45.4 Å². The van der Waals surface area contributed by atoms with Crippen molar-refractivity contribution in [2.45, 2.75) is 45.4 Å². The molecule has 112 valence electrons. The topological polar surface area (TPSA) is 3.24 Å². The van der Waals surface area contributed by atoms with Gasteiger partial charge >= 0.3 is 7.25 Å². The standard InChI is InChI=1S/C13H23N.BF4/c1-2-3-4-5-6-8-11-14-12-9-7-10-13-14;2-1(3,4)5/h7,9-10,12H,2-6,8,11,13H2,1H3;/q;-1. The molecule has 1 aliphatic heterocycles. The summed E-state index contributed by atoms with van der Waals surface area (Å²) in [5.41, 5.74) is 0. The first-order valence-electron chi connectivity index (χ1n) is 6.88. The largest absolute Gasteiger partial charge is 0.673 e. The minimum atomic E-state index is -6.00. The number of rotatable bonds is 7. The summed E-state index contributed by atoms with van der Waals surface area (Å²) < 4.78 is 39.0. The van der Waals surface area contributed by atoms with Crippen molar-refractivity contribution in [1.82, 2.24) is 4.90 Å². The van der Waals surface area contributed by atoms with Crippen LogP contribution in [0, 0.1) is 0 Å². The molecular formula is C13H23BF4N-. The molecule has 0 aromatic heterocycles. The molecule has 0 saturated carbocycles. The molecule has 0 saturated heterocycles. The Bertz CT molecular complexity index is 258. The van der Waals surface area contributed by atoms with E-state index in [0.29, 0.717) is 0 Å². The molecular weight excluding hydrogens is 257 g/mol. The van der Waals surface area contributed by atoms with Gasteiger partial charge in [-0.05, 0) is 18.7 Å². The zero-order valence-electron chi connectivity index (χ0n) is 11.5. The number of nitrogens with zero attached hydrogens (tertiary/aromatic N) is 1. The lowest BCUT2D eigenvalue weighted by molar-refractivity contribution is 0.368. The SMILES string of the molecule is CCCCCCCCN1C=CC=CC1.F[B-](F)(F)F. The number of halogens is 4. The summed E-state index contributed by atoms with van der Waals surface area (Å²) in [5.74, 6) is 0. The first kappa shape index (κ1) is 18.1. The van der Waals surface area contributed by atoms with Crippen LogP contribution < -0.4 is 0 Å². The van der Waals surface area contributed by atoms with Crippen molar-refractivity contribution in [2.75, 3.05) is 13.1 Å². The highest BCUT2D eigenvalue weighted by Crippen LogP contribution is 2.07. The van der Waals surface area contributed by atoms with Crippen LogP contribution in [0.15, 0.2) is 24.4 Å². The Kier molecular flexibility index (Phi) is 10.4. The molecule has 0 amide bonds. The maximum absolute atomic E-state index is 9.75. The smallest absolute Gasteiger partial charge is 0.418 e. The van der Waals surface area contributed by atoms with Gasteiger partial charge in [0.1, 0.15) is 0 Å². The summed E-state index contributed by atoms with van der Waals surface area (Å²) in [4.78, 5) is 2.39. The summed E-state index contributed by atoms with van der Waals surface area (Å²) in [6.07, 6.45) is 17.0. The van der Waals surface area contributed by atoms with Crippen molar-refractivity contribution in [3.05, 3.63) is 24.4 Å². The van der Waals surface area contributed by atoms with Crippen molar-refractivity contribution in [3.63, 3.8) is 0 Å². The van der Waals surface area contributed by atoms with Gasteiger partial charge in [0.25, 0.3) is 0 Å². The van der Waals surface area contributed by atoms with Crippen LogP contribution >= 0.6 is 0 Å². The Balaban J connectivity index is 0.000000555. The Labute approximate surface area is 113 Å². The van der Waals surface area contributed by atoms with E-state index in [1.54, 1.807) is 0 Å². The molecule has 0 unspecified atom stereocenters. The van der Waals surface area contributed by atoms with Gasteiger partial charge in [0.05, 0.1) is 0 Å². The van der Waals surface area contributed by atoms with Crippen molar-refractivity contribution in [1.29, 1.82) is 0 Å². The van der Waals surface area contributed by atoms with Gasteiger partial charge in [-0.2, -0.15) is 0 Å². The van der Waals surface area contributed by atoms with Crippen LogP contribution in [0.25, 0.3) is 0 Å². The molecule has 0 N–H and O–H groups in total. The summed E-state index contributed by atoms with van der Waals surface area (Å²) in [6.45, 7) is 4.60. The van der Waals surface area contributed by atoms with Gasteiger partial charge < -0.3 is 22.2 Å². The minimum absolute atomic E-state index is 1.10. The van der Waals surface area contributed by atoms with E-state index in [1.165, 1.54) is 45.1 Å². The normalized spacial score (nSPS) is 14.3. The Hall–Kier alpha value is -0.935. The predicted octanol–water partition coefficient (Wildman–Crippen LogP) is 5.03. The van der Waals surface area contributed by atoms with E-state index in [0.717, 1.165) is 6.54 Å². The summed E-state index contributed by atoms with van der Waals surface area (Å²) >= 11 is 0. The highest BCUT2D eigenvalue weighted by molar-refractivity contribution is 6.50. The summed E-state index contributed by atoms with van der Waals surface area (Å²) in [6, 6.07) is 0. The molecule has 0 bridgehead atoms. The molecule has 19 heavy (non-hydrogen) atoms. The number of hydrogen-bond acceptors (Lipinski definition) is 1. The third kappa shape index (κ3) is 17.1. The second kappa shape index (κ2) is 10.9. The number of unbranched alkanes of at least 4 members (excludes halogenated alkanes) is 5. The van der Waals surface area contributed by atoms with E-state index in [-0.39, 0.29) is 0 Å². The number of allylic oxidation sites excluding steroid dienone is 2. The fraction of sp³-hybridized carbons (Fsp3) is 0.692. The van der Waals surface area contributed by atoms with Gasteiger partial charge in [0.2, 0.25) is 0 Å². The van der Waals surface area contributed by atoms with E-state index in [2.05, 4.69) is 36.3 Å². The molecule has 1 nitrogen and oxygen atoms in total. The van der Waals surface area contributed by atoms with E-state index < -0.39 is 7.25 Å². The average molecular weight is 280 g/mol. The number of hydrogen-bond donors (Lipinski definition) is 0. The third-order valence-electron chi connectivity index (χ3n) is 2.68. The second-order valence-electron chi connectivity index (χ2n) is 4.53. The van der Waals surface area contributed by atoms with Crippen LogP contribution in [0.4, 0.5) is 17.3 Å². The molecule has 1 rings (SSSR count). The highest BCUT2D eigenvalue weighted by atomic mass is 19.5. The van der Waals surface area contributed by atoms with E-state index in [1.807, 2.05) is 0 Å². The Morgan fingerprint density at radius 3 is 2.05 bits per heavy atom. The van der Waals surface area contributed by atoms with Crippen LogP contribution in [-0.2, 0) is 0 Å². The van der Waals surface area contributed by atoms with Gasteiger partial charge in [-0.25, -0.2) is 0 Å². The zero-order valence-corrected chi connectivity index (χ0v) is 11.5. The second-order valence-corrected chi connectivity index (χ2v) is 4.53. The third-order valence-corrected chi connectivity index (χ3v) is 2.68. The first-order valence-corrected chi connectivity index (χ1v) is 6.88. The van der Waals surface area contributed by atoms with Crippen LogP contribution in [-0.4, -0.2) is 25.2 Å². The van der Waals surface area contributed by atoms with Crippen molar-refractivity contribution < 1.29 is 17.3 Å². The van der Waals surface area contributed by atoms with Crippen molar-refractivity contribution in [2.24, 2.45) is 0 Å². The van der Waals surface area contributed by atoms with E-state index in [9.17, 15) is 17.3 Å². The monoisotopic (exact) mass is 280 g/mol. The molecule has 1 aliphatic rings. The van der Waals surface area contributed by atoms with E-state index in [4.69, 9.17) is 0 Å². The van der Waals surface area contributed by atoms with E-state index >= 15 is 0 Å². The summed E-state index contributed by atoms with van der Waals surface area (Å²) in [7, 11) is -6.00. The first-order chi connectivity index (χ1) is 8.93. The maximum Gasteiger partial charge on any atom is 0.673 e. The lowest BCUT2D eigenvalue weighted by Crippen LogP contribution is -2.19. The molecule has 0 spiro atoms. The minimum Gasteiger partial charge on any atom is -0.418 e. The van der Waals surface area contributed by atoms with Crippen molar-refractivity contribution in [3.8, 4) is 0 Å². The van der Waals surface area contributed by atoms with Crippen molar-refractivity contribution >= 4 is 7.25 Å². The quantitative estimate of drug-likeness (QED) is 0.359. The lowest BCUT2D eigenvalue weighted by Gasteiger charge is -2.20. The van der Waals surface area contributed by atoms with Gasteiger partial charge in [0.15, 0.2) is 0 Å². The molecule has 0 aromatic rings. The van der Waals surface area contributed by atoms with Gasteiger partial charge in [-0.3, -0.25) is 0 Å². The lowest BCUT2D eigenvalue weighted by atomic mass is 10.1. The molecule has 0 radical (unpaired) electrons. The van der Waals surface area contributed by atoms with Gasteiger partial charge in [0, 0.05) is 13.1 Å². The molecule has 0 aliphatic carbocycles. The van der Waals surface area contributed by atoms with Gasteiger partial charge in [-0.1, -0.05) is 51.2 Å². The Morgan fingerprint density at radius 2 is 1.53 bits per heavy atom. The van der Waals surface area contributed by atoms with Crippen LogP contribution in [0.5, 0.6) is 0 Å². The molecule has 1 heterocycles. The maximum atomic E-state index is 9.75. The van der Waals surface area contributed by atoms with Gasteiger partial charge in [-0.15, -0.1) is 0 Å². The average Bonchev–Trinajstić information content (AvgIpc) is 2.33. The summed E-state index contributed by atoms with van der Waals surface area (Å²) in [5, 5.41) is 0. The fourth-order valence-electron chi connectivity index (χ4n) is 1.77. The van der Waals surface area contributed by atoms with Crippen LogP contribution in [0.3, 0.4) is 0 Å². The highest BCUT2D eigenvalue weighted by Gasteiger charge is 2.20. The Morgan fingerprint density at radius 1 is 0.947 bits per heavy atom. The molecule has 0 aromatic carbocycles. The molecule has 6 heteroatoms. The molecule has 0 atom stereocenters. The molecule has 0 fully saturated rings. The zero-order chi connectivity index (χ0) is 14.6. The predicted molar refractivity (Wildman–Crippen MR) is 73.4 cm³/mol. The van der Waals surface area contributed by atoms with Crippen LogP contribution in [0.2, 0.25) is 0 Å². The fourth-order valence-corrected chi connectivity index (χ4v) is 1.77.